The number of carbonyl (C=O) groups is 2. The number of fused-ring (bicyclic) bond motifs is 1. The lowest BCUT2D eigenvalue weighted by atomic mass is 10.2. The van der Waals surface area contributed by atoms with Gasteiger partial charge in [0.1, 0.15) is 6.26 Å². The van der Waals surface area contributed by atoms with E-state index in [9.17, 15) is 18.0 Å². The van der Waals surface area contributed by atoms with Crippen molar-refractivity contribution in [1.29, 1.82) is 0 Å². The number of sulfone groups is 1. The molecule has 0 saturated heterocycles. The average Bonchev–Trinajstić information content (AvgIpc) is 3.33. The molecular formula is C19H14N4O5S2. The maximum atomic E-state index is 12.4. The lowest BCUT2D eigenvalue weighted by molar-refractivity contribution is 0.101. The second kappa shape index (κ2) is 7.69. The first-order chi connectivity index (χ1) is 14.3. The SMILES string of the molecule is CS(=O)(=O)c1ccc2nc(NC(=O)c3coc(NC(=O)c4ccccc4)n3)sc2c1. The second-order valence-corrected chi connectivity index (χ2v) is 9.28. The van der Waals surface area contributed by atoms with Gasteiger partial charge in [0.05, 0.1) is 15.1 Å². The topological polar surface area (TPSA) is 131 Å². The first-order valence-electron chi connectivity index (χ1n) is 8.53. The summed E-state index contributed by atoms with van der Waals surface area (Å²) in [5.41, 5.74) is 0.928. The summed E-state index contributed by atoms with van der Waals surface area (Å²) in [5.74, 6) is -1.00. The highest BCUT2D eigenvalue weighted by atomic mass is 32.2. The van der Waals surface area contributed by atoms with Crippen LogP contribution >= 0.6 is 11.3 Å². The van der Waals surface area contributed by atoms with E-state index in [-0.39, 0.29) is 21.7 Å². The molecule has 0 radical (unpaired) electrons. The van der Waals surface area contributed by atoms with Gasteiger partial charge in [-0.1, -0.05) is 29.5 Å². The third-order valence-corrected chi connectivity index (χ3v) is 6.05. The molecule has 0 saturated carbocycles. The Morgan fingerprint density at radius 3 is 2.50 bits per heavy atom. The van der Waals surface area contributed by atoms with E-state index in [4.69, 9.17) is 4.42 Å². The molecule has 2 N–H and O–H groups in total. The number of hydrogen-bond acceptors (Lipinski definition) is 8. The summed E-state index contributed by atoms with van der Waals surface area (Å²) in [4.78, 5) is 32.9. The summed E-state index contributed by atoms with van der Waals surface area (Å²) in [6.07, 6.45) is 2.24. The number of benzene rings is 2. The zero-order valence-electron chi connectivity index (χ0n) is 15.4. The number of thiazole rings is 1. The van der Waals surface area contributed by atoms with E-state index in [1.165, 1.54) is 12.1 Å². The van der Waals surface area contributed by atoms with Gasteiger partial charge in [0.15, 0.2) is 20.7 Å². The van der Waals surface area contributed by atoms with Crippen LogP contribution in [0.1, 0.15) is 20.8 Å². The number of hydrogen-bond donors (Lipinski definition) is 2. The van der Waals surface area contributed by atoms with Gasteiger partial charge in [-0.05, 0) is 30.3 Å². The molecule has 11 heteroatoms. The van der Waals surface area contributed by atoms with Crippen LogP contribution < -0.4 is 10.6 Å². The second-order valence-electron chi connectivity index (χ2n) is 6.23. The summed E-state index contributed by atoms with van der Waals surface area (Å²) in [6, 6.07) is 12.9. The Bertz CT molecular complexity index is 1360. The summed E-state index contributed by atoms with van der Waals surface area (Å²) in [5, 5.41) is 5.34. The van der Waals surface area contributed by atoms with Crippen LogP contribution in [-0.4, -0.2) is 36.5 Å². The van der Waals surface area contributed by atoms with E-state index in [1.807, 2.05) is 0 Å². The van der Waals surface area contributed by atoms with Gasteiger partial charge < -0.3 is 4.42 Å². The maximum Gasteiger partial charge on any atom is 0.302 e. The van der Waals surface area contributed by atoms with Gasteiger partial charge in [0, 0.05) is 11.8 Å². The molecule has 0 aliphatic rings. The predicted molar refractivity (Wildman–Crippen MR) is 112 cm³/mol. The Kier molecular flexibility index (Phi) is 5.06. The summed E-state index contributed by atoms with van der Waals surface area (Å²) < 4.78 is 29.1. The van der Waals surface area contributed by atoms with E-state index >= 15 is 0 Å². The van der Waals surface area contributed by atoms with Gasteiger partial charge in [-0.2, -0.15) is 4.98 Å². The third kappa shape index (κ3) is 4.21. The Labute approximate surface area is 174 Å². The van der Waals surface area contributed by atoms with E-state index in [1.54, 1.807) is 36.4 Å². The van der Waals surface area contributed by atoms with Crippen LogP contribution in [0.5, 0.6) is 0 Å². The van der Waals surface area contributed by atoms with E-state index < -0.39 is 21.7 Å². The Morgan fingerprint density at radius 1 is 1.00 bits per heavy atom. The number of nitrogens with zero attached hydrogens (tertiary/aromatic N) is 2. The summed E-state index contributed by atoms with van der Waals surface area (Å²) >= 11 is 1.13. The molecule has 0 spiro atoms. The Hall–Kier alpha value is -3.57. The fraction of sp³-hybridized carbons (Fsp3) is 0.0526. The lowest BCUT2D eigenvalue weighted by Crippen LogP contribution is -2.14. The van der Waals surface area contributed by atoms with Crippen molar-refractivity contribution in [2.24, 2.45) is 0 Å². The zero-order chi connectivity index (χ0) is 21.3. The zero-order valence-corrected chi connectivity index (χ0v) is 17.1. The van der Waals surface area contributed by atoms with Gasteiger partial charge in [-0.15, -0.1) is 0 Å². The first kappa shape index (κ1) is 19.7. The van der Waals surface area contributed by atoms with Crippen molar-refractivity contribution in [2.45, 2.75) is 4.90 Å². The van der Waals surface area contributed by atoms with Gasteiger partial charge in [-0.3, -0.25) is 20.2 Å². The largest absolute Gasteiger partial charge is 0.431 e. The van der Waals surface area contributed by atoms with Gasteiger partial charge in [-0.25, -0.2) is 13.4 Å². The van der Waals surface area contributed by atoms with Crippen LogP contribution in [0.15, 0.2) is 64.1 Å². The number of anilines is 2. The summed E-state index contributed by atoms with van der Waals surface area (Å²) in [7, 11) is -3.34. The Balaban J connectivity index is 1.47. The molecule has 0 atom stereocenters. The van der Waals surface area contributed by atoms with Gasteiger partial charge >= 0.3 is 6.01 Å². The van der Waals surface area contributed by atoms with Crippen molar-refractivity contribution >= 4 is 54.4 Å². The minimum absolute atomic E-state index is 0.0468. The van der Waals surface area contributed by atoms with Crippen molar-refractivity contribution in [3.05, 3.63) is 66.1 Å². The number of amides is 2. The standard InChI is InChI=1S/C19H14N4O5S2/c1-30(26,27)12-7-8-13-15(9-12)29-19(21-13)23-17(25)14-10-28-18(20-14)22-16(24)11-5-3-2-4-6-11/h2-10H,1H3,(H,20,22,24)(H,21,23,25). The molecule has 4 aromatic rings. The van der Waals surface area contributed by atoms with E-state index in [2.05, 4.69) is 20.6 Å². The molecule has 30 heavy (non-hydrogen) atoms. The average molecular weight is 442 g/mol. The molecule has 2 aromatic carbocycles. The number of nitrogens with one attached hydrogen (secondary N) is 2. The van der Waals surface area contributed by atoms with E-state index in [0.717, 1.165) is 23.9 Å². The monoisotopic (exact) mass is 442 g/mol. The van der Waals surface area contributed by atoms with Gasteiger partial charge in [0.25, 0.3) is 11.8 Å². The first-order valence-corrected chi connectivity index (χ1v) is 11.2. The molecule has 2 heterocycles. The van der Waals surface area contributed by atoms with Gasteiger partial charge in [0.2, 0.25) is 0 Å². The van der Waals surface area contributed by atoms with Crippen LogP contribution in [0.3, 0.4) is 0 Å². The molecule has 9 nitrogen and oxygen atoms in total. The molecule has 4 rings (SSSR count). The number of oxazole rings is 1. The molecule has 2 aromatic heterocycles. The minimum atomic E-state index is -3.34. The molecule has 0 unspecified atom stereocenters. The van der Waals surface area contributed by atoms with Crippen LogP contribution in [0, 0.1) is 0 Å². The maximum absolute atomic E-state index is 12.4. The highest BCUT2D eigenvalue weighted by Crippen LogP contribution is 2.28. The van der Waals surface area contributed by atoms with Crippen molar-refractivity contribution in [3.63, 3.8) is 0 Å². The highest BCUT2D eigenvalue weighted by Gasteiger charge is 2.17. The lowest BCUT2D eigenvalue weighted by Gasteiger charge is -1.99. The summed E-state index contributed by atoms with van der Waals surface area (Å²) in [6.45, 7) is 0. The smallest absolute Gasteiger partial charge is 0.302 e. The molecule has 0 fully saturated rings. The minimum Gasteiger partial charge on any atom is -0.431 e. The van der Waals surface area contributed by atoms with Crippen LogP contribution in [0.2, 0.25) is 0 Å². The predicted octanol–water partition coefficient (Wildman–Crippen LogP) is 3.19. The van der Waals surface area contributed by atoms with Crippen LogP contribution in [0.25, 0.3) is 10.2 Å². The molecule has 0 aliphatic heterocycles. The number of rotatable bonds is 5. The fourth-order valence-corrected chi connectivity index (χ4v) is 4.17. The molecule has 2 amide bonds. The normalized spacial score (nSPS) is 11.4. The number of carbonyl (C=O) groups excluding carboxylic acids is 2. The van der Waals surface area contributed by atoms with Crippen molar-refractivity contribution in [1.82, 2.24) is 9.97 Å². The molecular weight excluding hydrogens is 428 g/mol. The van der Waals surface area contributed by atoms with Crippen LogP contribution in [-0.2, 0) is 9.84 Å². The number of aromatic nitrogens is 2. The Morgan fingerprint density at radius 2 is 1.77 bits per heavy atom. The molecule has 152 valence electrons. The van der Waals surface area contributed by atoms with Crippen molar-refractivity contribution in [3.8, 4) is 0 Å². The molecule has 0 aliphatic carbocycles. The van der Waals surface area contributed by atoms with Crippen molar-refractivity contribution < 1.29 is 22.4 Å². The highest BCUT2D eigenvalue weighted by molar-refractivity contribution is 7.90. The van der Waals surface area contributed by atoms with Crippen molar-refractivity contribution in [2.75, 3.05) is 16.9 Å². The van der Waals surface area contributed by atoms with Crippen LogP contribution in [0.4, 0.5) is 11.1 Å². The fourth-order valence-electron chi connectivity index (χ4n) is 2.54. The third-order valence-electron chi connectivity index (χ3n) is 4.00. The van der Waals surface area contributed by atoms with E-state index in [0.29, 0.717) is 15.8 Å². The molecule has 0 bridgehead atoms. The quantitative estimate of drug-likeness (QED) is 0.485.